The fourth-order valence-corrected chi connectivity index (χ4v) is 5.19. The van der Waals surface area contributed by atoms with Gasteiger partial charge in [-0.2, -0.15) is 13.6 Å². The number of alkyl halides is 1. The predicted molar refractivity (Wildman–Crippen MR) is 87.5 cm³/mol. The molecule has 1 aromatic heterocycles. The second-order valence-electron chi connectivity index (χ2n) is 5.43. The average Bonchev–Trinajstić information content (AvgIpc) is 2.78. The number of phosphoric acid groups is 3. The normalized spacial score (nSPS) is 29.3. The van der Waals surface area contributed by atoms with Gasteiger partial charge >= 0.3 is 29.2 Å². The molecule has 1 aliphatic rings. The van der Waals surface area contributed by atoms with Crippen LogP contribution in [0.1, 0.15) is 6.23 Å². The number of rotatable bonds is 8. The number of nitrogens with zero attached hydrogens (tertiary/aromatic N) is 2. The third-order valence-corrected chi connectivity index (χ3v) is 7.04. The van der Waals surface area contributed by atoms with Gasteiger partial charge in [-0.1, -0.05) is 0 Å². The van der Waals surface area contributed by atoms with E-state index in [1.807, 2.05) is 0 Å². The van der Waals surface area contributed by atoms with E-state index in [1.165, 1.54) is 0 Å². The minimum absolute atomic E-state index is 0.163. The molecule has 0 aromatic carbocycles. The smallest absolute Gasteiger partial charge is 0.387 e. The molecule has 0 radical (unpaired) electrons. The highest BCUT2D eigenvalue weighted by Crippen LogP contribution is 2.66. The maximum absolute atomic E-state index is 14.3. The molecule has 0 bridgehead atoms. The molecule has 6 atom stereocenters. The zero-order valence-electron chi connectivity index (χ0n) is 13.9. The molecule has 0 spiro atoms. The van der Waals surface area contributed by atoms with Gasteiger partial charge in [0, 0.05) is 6.20 Å². The molecule has 16 nitrogen and oxygen atoms in total. The molecule has 1 fully saturated rings. The zero-order chi connectivity index (χ0) is 22.2. The number of nitrogens with two attached hydrogens (primary N) is 1. The number of aliphatic hydroxyl groups excluding tert-OH is 1. The third-order valence-electron chi connectivity index (χ3n) is 3.24. The number of ether oxygens (including phenoxy) is 1. The van der Waals surface area contributed by atoms with Crippen molar-refractivity contribution in [3.8, 4) is 0 Å². The number of phosphoric ester groups is 1. The van der Waals surface area contributed by atoms with E-state index in [4.69, 9.17) is 25.2 Å². The Kier molecular flexibility index (Phi) is 7.17. The summed E-state index contributed by atoms with van der Waals surface area (Å²) in [6, 6.07) is 1.14. The summed E-state index contributed by atoms with van der Waals surface area (Å²) in [5.74, 6) is -0.163. The van der Waals surface area contributed by atoms with E-state index < -0.39 is 60.4 Å². The fraction of sp³-hybridized carbons (Fsp3) is 0.556. The van der Waals surface area contributed by atoms with Crippen LogP contribution < -0.4 is 11.4 Å². The second-order valence-corrected chi connectivity index (χ2v) is 9.85. The van der Waals surface area contributed by atoms with Crippen LogP contribution in [0.15, 0.2) is 17.1 Å². The van der Waals surface area contributed by atoms with Crippen molar-refractivity contribution in [1.82, 2.24) is 9.55 Å². The van der Waals surface area contributed by atoms with Gasteiger partial charge in [-0.3, -0.25) is 9.09 Å². The van der Waals surface area contributed by atoms with Gasteiger partial charge in [0.05, 0.1) is 6.61 Å². The van der Waals surface area contributed by atoms with E-state index in [0.29, 0.717) is 4.57 Å². The Labute approximate surface area is 160 Å². The molecular formula is C9H15FN3O13P3. The standard InChI is InChI=1S/C9H15FN3O13P3/c10-6-7(14)4(24-8(6)13-2-1-5(11)12-9(13)15)3-23-28(19,20)26-29(21,22)25-27(16,17)18/h1-2,4,6-8,14H,3H2,(H,19,20)(H,21,22)(H2,11,12,15)(H2,16,17,18)/t4-,6-,7+,8-/m1/s1. The molecule has 0 aliphatic carbocycles. The molecule has 1 aromatic rings. The lowest BCUT2D eigenvalue weighted by atomic mass is 10.1. The molecule has 1 saturated heterocycles. The topological polar surface area (TPSA) is 250 Å². The van der Waals surface area contributed by atoms with Crippen molar-refractivity contribution in [1.29, 1.82) is 0 Å². The van der Waals surface area contributed by atoms with E-state index in [0.717, 1.165) is 12.3 Å². The molecule has 7 N–H and O–H groups in total. The van der Waals surface area contributed by atoms with Gasteiger partial charge in [-0.15, -0.1) is 0 Å². The number of aromatic nitrogens is 2. The summed E-state index contributed by atoms with van der Waals surface area (Å²) in [5, 5.41) is 9.83. The van der Waals surface area contributed by atoms with Crippen molar-refractivity contribution in [2.24, 2.45) is 0 Å². The van der Waals surface area contributed by atoms with Gasteiger partial charge in [0.25, 0.3) is 0 Å². The maximum Gasteiger partial charge on any atom is 0.490 e. The van der Waals surface area contributed by atoms with E-state index >= 15 is 0 Å². The highest BCUT2D eigenvalue weighted by atomic mass is 31.3. The summed E-state index contributed by atoms with van der Waals surface area (Å²) < 4.78 is 64.6. The monoisotopic (exact) mass is 485 g/mol. The molecule has 2 rings (SSSR count). The number of nitrogen functional groups attached to an aromatic ring is 1. The SMILES string of the molecule is Nc1ccn([C@@H]2O[C@H](COP(=O)(O)OP(=O)(O)OP(=O)(O)O)[C@H](O)[C@H]2F)c(=O)n1. The van der Waals surface area contributed by atoms with Crippen LogP contribution in [0.25, 0.3) is 0 Å². The number of halogens is 1. The minimum atomic E-state index is -5.74. The van der Waals surface area contributed by atoms with E-state index in [9.17, 15) is 32.9 Å². The summed E-state index contributed by atoms with van der Waals surface area (Å²) in [6.45, 7) is -1.10. The Morgan fingerprint density at radius 2 is 1.83 bits per heavy atom. The van der Waals surface area contributed by atoms with Crippen LogP contribution in [-0.4, -0.2) is 59.2 Å². The quantitative estimate of drug-likeness (QED) is 0.236. The Balaban J connectivity index is 2.05. The number of anilines is 1. The molecule has 166 valence electrons. The Hall–Kier alpha value is -1.06. The summed E-state index contributed by atoms with van der Waals surface area (Å²) in [6.07, 6.45) is -6.53. The highest BCUT2D eigenvalue weighted by Gasteiger charge is 2.47. The lowest BCUT2D eigenvalue weighted by Crippen LogP contribution is -2.33. The second kappa shape index (κ2) is 8.59. The zero-order valence-corrected chi connectivity index (χ0v) is 16.5. The van der Waals surface area contributed by atoms with Crippen LogP contribution in [0.2, 0.25) is 0 Å². The molecule has 0 saturated carbocycles. The van der Waals surface area contributed by atoms with Crippen molar-refractivity contribution >= 4 is 29.3 Å². The summed E-state index contributed by atoms with van der Waals surface area (Å²) >= 11 is 0. The van der Waals surface area contributed by atoms with Gasteiger partial charge in [0.1, 0.15) is 18.0 Å². The molecule has 29 heavy (non-hydrogen) atoms. The number of aliphatic hydroxyl groups is 1. The first kappa shape index (κ1) is 24.2. The van der Waals surface area contributed by atoms with Gasteiger partial charge in [0.15, 0.2) is 12.4 Å². The number of hydrogen-bond acceptors (Lipinski definition) is 11. The summed E-state index contributed by atoms with van der Waals surface area (Å²) in [4.78, 5) is 50.3. The Morgan fingerprint density at radius 1 is 1.21 bits per heavy atom. The molecule has 0 amide bonds. The van der Waals surface area contributed by atoms with Crippen LogP contribution in [-0.2, 0) is 31.6 Å². The third kappa shape index (κ3) is 6.72. The van der Waals surface area contributed by atoms with Gasteiger partial charge in [0.2, 0.25) is 0 Å². The van der Waals surface area contributed by atoms with Crippen molar-refractivity contribution in [2.75, 3.05) is 12.3 Å². The van der Waals surface area contributed by atoms with Crippen molar-refractivity contribution in [2.45, 2.75) is 24.6 Å². The Morgan fingerprint density at radius 3 is 2.38 bits per heavy atom. The van der Waals surface area contributed by atoms with E-state index in [-0.39, 0.29) is 5.82 Å². The molecule has 1 aliphatic heterocycles. The lowest BCUT2D eigenvalue weighted by Gasteiger charge is -2.19. The minimum Gasteiger partial charge on any atom is -0.387 e. The Bertz CT molecular complexity index is 951. The average molecular weight is 485 g/mol. The lowest BCUT2D eigenvalue weighted by molar-refractivity contribution is -0.0481. The summed E-state index contributed by atoms with van der Waals surface area (Å²) in [5.41, 5.74) is 4.28. The van der Waals surface area contributed by atoms with Crippen molar-refractivity contribution in [3.05, 3.63) is 22.7 Å². The van der Waals surface area contributed by atoms with E-state index in [1.54, 1.807) is 0 Å². The molecule has 2 unspecified atom stereocenters. The first-order valence-corrected chi connectivity index (χ1v) is 11.7. The van der Waals surface area contributed by atoms with Crippen molar-refractivity contribution < 1.29 is 60.6 Å². The maximum atomic E-state index is 14.3. The molecular weight excluding hydrogens is 470 g/mol. The highest BCUT2D eigenvalue weighted by molar-refractivity contribution is 7.66. The van der Waals surface area contributed by atoms with Gasteiger partial charge < -0.3 is 35.2 Å². The fourth-order valence-electron chi connectivity index (χ4n) is 2.16. The number of hydrogen-bond donors (Lipinski definition) is 6. The van der Waals surface area contributed by atoms with Gasteiger partial charge in [-0.05, 0) is 6.07 Å². The summed E-state index contributed by atoms with van der Waals surface area (Å²) in [7, 11) is -16.8. The van der Waals surface area contributed by atoms with Gasteiger partial charge in [-0.25, -0.2) is 22.9 Å². The van der Waals surface area contributed by atoms with E-state index in [2.05, 4.69) is 18.1 Å². The van der Waals surface area contributed by atoms with Crippen LogP contribution in [0.5, 0.6) is 0 Å². The first-order valence-electron chi connectivity index (χ1n) is 7.21. The van der Waals surface area contributed by atoms with Crippen LogP contribution >= 0.6 is 23.5 Å². The van der Waals surface area contributed by atoms with Crippen LogP contribution in [0.3, 0.4) is 0 Å². The van der Waals surface area contributed by atoms with Crippen LogP contribution in [0.4, 0.5) is 10.2 Å². The van der Waals surface area contributed by atoms with Crippen molar-refractivity contribution in [3.63, 3.8) is 0 Å². The van der Waals surface area contributed by atoms with Crippen LogP contribution in [0, 0.1) is 0 Å². The molecule has 20 heteroatoms. The first-order chi connectivity index (χ1) is 13.1. The predicted octanol–water partition coefficient (Wildman–Crippen LogP) is -1.23. The molecule has 2 heterocycles. The largest absolute Gasteiger partial charge is 0.490 e.